The van der Waals surface area contributed by atoms with E-state index in [0.717, 1.165) is 13.0 Å². The van der Waals surface area contributed by atoms with Crippen molar-refractivity contribution in [1.82, 2.24) is 10.6 Å². The molecule has 1 saturated heterocycles. The molecule has 2 atom stereocenters. The summed E-state index contributed by atoms with van der Waals surface area (Å²) in [4.78, 5) is 4.69. The van der Waals surface area contributed by atoms with Crippen LogP contribution < -0.4 is 10.6 Å². The van der Waals surface area contributed by atoms with Gasteiger partial charge in [-0.1, -0.05) is 90.1 Å². The Balaban J connectivity index is 1.89. The minimum absolute atomic E-state index is 0.0870. The van der Waals surface area contributed by atoms with Gasteiger partial charge < -0.3 is 15.4 Å². The van der Waals surface area contributed by atoms with Crippen LogP contribution in [0, 0.1) is 0 Å². The normalized spacial score (nSPS) is 19.4. The molecule has 0 radical (unpaired) electrons. The van der Waals surface area contributed by atoms with Crippen molar-refractivity contribution >= 4 is 6.02 Å². The summed E-state index contributed by atoms with van der Waals surface area (Å²) in [6, 6.07) is 19.9. The zero-order valence-corrected chi connectivity index (χ0v) is 24.3. The molecule has 3 rings (SSSR count). The summed E-state index contributed by atoms with van der Waals surface area (Å²) in [7, 11) is 0. The summed E-state index contributed by atoms with van der Waals surface area (Å²) in [6.45, 7) is 22.8. The molecule has 1 aliphatic rings. The molecule has 0 aliphatic carbocycles. The summed E-state index contributed by atoms with van der Waals surface area (Å²) in [5, 5.41) is 7.18. The minimum atomic E-state index is 0.0870. The average Bonchev–Trinajstić information content (AvgIpc) is 3.20. The predicted octanol–water partition coefficient (Wildman–Crippen LogP) is 6.92. The van der Waals surface area contributed by atoms with Crippen LogP contribution in [0.15, 0.2) is 53.5 Å². The van der Waals surface area contributed by atoms with E-state index in [1.165, 1.54) is 22.3 Å². The molecule has 1 unspecified atom stereocenters. The van der Waals surface area contributed by atoms with E-state index in [2.05, 4.69) is 133 Å². The second kappa shape index (κ2) is 11.4. The predicted molar refractivity (Wildman–Crippen MR) is 154 cm³/mol. The third-order valence-electron chi connectivity index (χ3n) is 6.86. The Bertz CT molecular complexity index is 934. The zero-order chi connectivity index (χ0) is 26.7. The van der Waals surface area contributed by atoms with Crippen molar-refractivity contribution in [2.24, 2.45) is 4.99 Å². The van der Waals surface area contributed by atoms with Gasteiger partial charge in [-0.3, -0.25) is 0 Å². The summed E-state index contributed by atoms with van der Waals surface area (Å²) in [6.07, 6.45) is 1.02. The average molecular weight is 492 g/mol. The highest BCUT2D eigenvalue weighted by atomic mass is 16.5. The maximum atomic E-state index is 6.39. The van der Waals surface area contributed by atoms with E-state index in [1.807, 2.05) is 0 Å². The van der Waals surface area contributed by atoms with Crippen LogP contribution in [0.25, 0.3) is 0 Å². The topological polar surface area (TPSA) is 45.7 Å². The van der Waals surface area contributed by atoms with Crippen LogP contribution in [-0.4, -0.2) is 36.8 Å². The first-order valence-electron chi connectivity index (χ1n) is 13.7. The first-order chi connectivity index (χ1) is 16.7. The van der Waals surface area contributed by atoms with E-state index >= 15 is 0 Å². The van der Waals surface area contributed by atoms with Gasteiger partial charge in [0.15, 0.2) is 0 Å². The number of nitrogens with zero attached hydrogens (tertiary/aromatic N) is 1. The molecule has 2 aromatic carbocycles. The van der Waals surface area contributed by atoms with E-state index in [1.54, 1.807) is 0 Å². The Kier molecular flexibility index (Phi) is 8.93. The number of nitrogens with one attached hydrogen (secondary N) is 2. The monoisotopic (exact) mass is 491 g/mol. The van der Waals surface area contributed by atoms with Gasteiger partial charge in [-0.25, -0.2) is 4.99 Å². The van der Waals surface area contributed by atoms with Gasteiger partial charge in [0.1, 0.15) is 6.10 Å². The standard InChI is InChI=1S/C32H49N3O/c1-21(2)34-30(35-22(3)4)36-27-19-28(33-20-27)29(23-11-15-25(16-12-23)31(5,6)7)24-13-17-26(18-14-24)32(8,9)10/h11-18,21-22,27-29,33H,19-20H2,1-10H3,(H,34,35)/t27-,28?/m1/s1. The Morgan fingerprint density at radius 3 is 1.69 bits per heavy atom. The van der Waals surface area contributed by atoms with Crippen molar-refractivity contribution in [3.8, 4) is 0 Å². The van der Waals surface area contributed by atoms with Crippen LogP contribution in [0.4, 0.5) is 0 Å². The molecule has 198 valence electrons. The molecule has 1 fully saturated rings. The Hall–Kier alpha value is -2.33. The Morgan fingerprint density at radius 1 is 0.833 bits per heavy atom. The highest BCUT2D eigenvalue weighted by Gasteiger charge is 2.34. The van der Waals surface area contributed by atoms with Crippen LogP contribution in [-0.2, 0) is 15.6 Å². The molecule has 1 aliphatic heterocycles. The van der Waals surface area contributed by atoms with Crippen molar-refractivity contribution in [1.29, 1.82) is 0 Å². The molecule has 36 heavy (non-hydrogen) atoms. The van der Waals surface area contributed by atoms with E-state index in [-0.39, 0.29) is 41.0 Å². The van der Waals surface area contributed by atoms with Gasteiger partial charge in [0.05, 0.1) is 0 Å². The highest BCUT2D eigenvalue weighted by molar-refractivity contribution is 5.74. The zero-order valence-electron chi connectivity index (χ0n) is 24.3. The molecular weight excluding hydrogens is 442 g/mol. The fourth-order valence-corrected chi connectivity index (χ4v) is 4.86. The lowest BCUT2D eigenvalue weighted by Crippen LogP contribution is -2.36. The molecule has 0 amide bonds. The molecule has 2 N–H and O–H groups in total. The van der Waals surface area contributed by atoms with Gasteiger partial charge in [-0.15, -0.1) is 0 Å². The minimum Gasteiger partial charge on any atom is -0.461 e. The lowest BCUT2D eigenvalue weighted by molar-refractivity contribution is 0.191. The number of hydrogen-bond acceptors (Lipinski definition) is 3. The van der Waals surface area contributed by atoms with Crippen molar-refractivity contribution in [3.05, 3.63) is 70.8 Å². The molecule has 4 heteroatoms. The van der Waals surface area contributed by atoms with Gasteiger partial charge in [-0.2, -0.15) is 0 Å². The molecular formula is C32H49N3O. The number of hydrogen-bond donors (Lipinski definition) is 2. The Labute approximate surface area is 220 Å². The van der Waals surface area contributed by atoms with Gasteiger partial charge in [-0.05, 0) is 60.8 Å². The molecule has 4 nitrogen and oxygen atoms in total. The second-order valence-corrected chi connectivity index (χ2v) is 13.0. The summed E-state index contributed by atoms with van der Waals surface area (Å²) in [5.74, 6) is 0.255. The third-order valence-corrected chi connectivity index (χ3v) is 6.86. The second-order valence-electron chi connectivity index (χ2n) is 13.0. The van der Waals surface area contributed by atoms with E-state index in [9.17, 15) is 0 Å². The molecule has 0 aromatic heterocycles. The first kappa shape index (κ1) is 28.2. The van der Waals surface area contributed by atoms with Crippen molar-refractivity contribution in [2.45, 2.75) is 117 Å². The van der Waals surface area contributed by atoms with Crippen LogP contribution in [0.3, 0.4) is 0 Å². The van der Waals surface area contributed by atoms with Crippen molar-refractivity contribution in [2.75, 3.05) is 6.54 Å². The first-order valence-corrected chi connectivity index (χ1v) is 13.7. The fraction of sp³-hybridized carbons (Fsp3) is 0.594. The van der Waals surface area contributed by atoms with Crippen LogP contribution in [0.2, 0.25) is 0 Å². The molecule has 0 saturated carbocycles. The molecule has 0 bridgehead atoms. The fourth-order valence-electron chi connectivity index (χ4n) is 4.86. The largest absolute Gasteiger partial charge is 0.461 e. The van der Waals surface area contributed by atoms with Crippen LogP contribution in [0.5, 0.6) is 0 Å². The summed E-state index contributed by atoms with van der Waals surface area (Å²) < 4.78 is 6.39. The summed E-state index contributed by atoms with van der Waals surface area (Å²) in [5.41, 5.74) is 5.71. The maximum Gasteiger partial charge on any atom is 0.285 e. The third kappa shape index (κ3) is 7.59. The van der Waals surface area contributed by atoms with Crippen LogP contribution >= 0.6 is 0 Å². The number of benzene rings is 2. The van der Waals surface area contributed by atoms with Crippen molar-refractivity contribution in [3.63, 3.8) is 0 Å². The Morgan fingerprint density at radius 2 is 1.31 bits per heavy atom. The van der Waals surface area contributed by atoms with E-state index in [4.69, 9.17) is 4.74 Å². The molecule has 1 heterocycles. The lowest BCUT2D eigenvalue weighted by atomic mass is 9.80. The highest BCUT2D eigenvalue weighted by Crippen LogP contribution is 2.35. The molecule has 2 aromatic rings. The molecule has 0 spiro atoms. The SMILES string of the molecule is CC(C)N=C(NC(C)C)O[C@H]1CNC(C(c2ccc(C(C)(C)C)cc2)c2ccc(C(C)(C)C)cc2)C1. The van der Waals surface area contributed by atoms with E-state index in [0.29, 0.717) is 6.02 Å². The smallest absolute Gasteiger partial charge is 0.285 e. The lowest BCUT2D eigenvalue weighted by Gasteiger charge is -2.27. The van der Waals surface area contributed by atoms with Gasteiger partial charge in [0.25, 0.3) is 6.02 Å². The number of aliphatic imine (C=N–C) groups is 1. The van der Waals surface area contributed by atoms with Crippen molar-refractivity contribution < 1.29 is 4.74 Å². The number of ether oxygens (including phenoxy) is 1. The van der Waals surface area contributed by atoms with E-state index < -0.39 is 0 Å². The number of rotatable bonds is 6. The maximum absolute atomic E-state index is 6.39. The number of amidine groups is 1. The summed E-state index contributed by atoms with van der Waals surface area (Å²) >= 11 is 0. The quantitative estimate of drug-likeness (QED) is 0.340. The van der Waals surface area contributed by atoms with Crippen LogP contribution in [0.1, 0.15) is 104 Å². The van der Waals surface area contributed by atoms with Gasteiger partial charge in [0.2, 0.25) is 0 Å². The van der Waals surface area contributed by atoms with Gasteiger partial charge >= 0.3 is 0 Å². The van der Waals surface area contributed by atoms with Gasteiger partial charge in [0, 0.05) is 37.0 Å².